The normalized spacial score (nSPS) is 10.6. The maximum absolute atomic E-state index is 9.17. The summed E-state index contributed by atoms with van der Waals surface area (Å²) in [7, 11) is 0. The molecule has 0 unspecified atom stereocenters. The van der Waals surface area contributed by atoms with Gasteiger partial charge in [0.15, 0.2) is 8.68 Å². The van der Waals surface area contributed by atoms with Gasteiger partial charge in [0.25, 0.3) is 0 Å². The van der Waals surface area contributed by atoms with Crippen molar-refractivity contribution in [1.82, 2.24) is 10.2 Å². The van der Waals surface area contributed by atoms with E-state index < -0.39 is 0 Å². The average molecular weight is 315 g/mol. The second-order valence-corrected chi connectivity index (χ2v) is 7.23. The van der Waals surface area contributed by atoms with Gasteiger partial charge in [-0.15, -0.1) is 10.2 Å². The smallest absolute Gasteiger partial charge is 0.179 e. The van der Waals surface area contributed by atoms with Crippen molar-refractivity contribution in [3.63, 3.8) is 0 Å². The standard InChI is InChI=1S/C14H9N3S3/c1-18-13-16-17-14(20-13)19-12-7-6-9(8-15)10-4-2-3-5-11(10)12/h2-7H,1H3. The van der Waals surface area contributed by atoms with E-state index in [1.54, 1.807) is 34.9 Å². The van der Waals surface area contributed by atoms with Crippen molar-refractivity contribution in [2.75, 3.05) is 6.26 Å². The average Bonchev–Trinajstić information content (AvgIpc) is 2.95. The maximum Gasteiger partial charge on any atom is 0.179 e. The Morgan fingerprint density at radius 2 is 1.80 bits per heavy atom. The van der Waals surface area contributed by atoms with Crippen LogP contribution in [-0.2, 0) is 0 Å². The van der Waals surface area contributed by atoms with E-state index in [4.69, 9.17) is 0 Å². The van der Waals surface area contributed by atoms with Gasteiger partial charge < -0.3 is 0 Å². The Kier molecular flexibility index (Phi) is 3.92. The number of nitriles is 1. The topological polar surface area (TPSA) is 49.6 Å². The predicted molar refractivity (Wildman–Crippen MR) is 84.5 cm³/mol. The lowest BCUT2D eigenvalue weighted by Crippen LogP contribution is -1.83. The molecule has 0 amide bonds. The summed E-state index contributed by atoms with van der Waals surface area (Å²) in [6.45, 7) is 0. The molecule has 1 heterocycles. The van der Waals surface area contributed by atoms with Gasteiger partial charge in [-0.3, -0.25) is 0 Å². The quantitative estimate of drug-likeness (QED) is 0.669. The Hall–Kier alpha value is -1.55. The molecule has 0 radical (unpaired) electrons. The number of thioether (sulfide) groups is 1. The first-order valence-electron chi connectivity index (χ1n) is 5.79. The van der Waals surface area contributed by atoms with Gasteiger partial charge in [0.2, 0.25) is 0 Å². The first kappa shape index (κ1) is 13.4. The summed E-state index contributed by atoms with van der Waals surface area (Å²) in [6, 6.07) is 14.0. The molecule has 1 aromatic heterocycles. The Bertz CT molecular complexity index is 805. The van der Waals surface area contributed by atoms with E-state index in [9.17, 15) is 5.26 Å². The largest absolute Gasteiger partial charge is 0.192 e. The second kappa shape index (κ2) is 5.83. The molecule has 0 N–H and O–H groups in total. The number of fused-ring (bicyclic) bond motifs is 1. The summed E-state index contributed by atoms with van der Waals surface area (Å²) in [4.78, 5) is 1.10. The highest BCUT2D eigenvalue weighted by atomic mass is 32.2. The van der Waals surface area contributed by atoms with Crippen molar-refractivity contribution >= 4 is 45.6 Å². The Morgan fingerprint density at radius 3 is 2.50 bits per heavy atom. The molecule has 0 aliphatic heterocycles. The third-order valence-corrected chi connectivity index (χ3v) is 5.79. The number of hydrogen-bond acceptors (Lipinski definition) is 6. The van der Waals surface area contributed by atoms with Crippen LogP contribution >= 0.6 is 34.9 Å². The summed E-state index contributed by atoms with van der Waals surface area (Å²) < 4.78 is 1.88. The summed E-state index contributed by atoms with van der Waals surface area (Å²) >= 11 is 4.78. The van der Waals surface area contributed by atoms with Crippen LogP contribution in [0.3, 0.4) is 0 Å². The van der Waals surface area contributed by atoms with Gasteiger partial charge in [-0.05, 0) is 23.8 Å². The highest BCUT2D eigenvalue weighted by Crippen LogP contribution is 2.37. The molecule has 0 spiro atoms. The second-order valence-electron chi connectivity index (χ2n) is 3.91. The van der Waals surface area contributed by atoms with Gasteiger partial charge in [-0.25, -0.2) is 0 Å². The van der Waals surface area contributed by atoms with Crippen LogP contribution in [0.15, 0.2) is 50.0 Å². The highest BCUT2D eigenvalue weighted by molar-refractivity contribution is 8.03. The van der Waals surface area contributed by atoms with Crippen LogP contribution in [0.5, 0.6) is 0 Å². The van der Waals surface area contributed by atoms with Crippen molar-refractivity contribution in [3.05, 3.63) is 42.0 Å². The molecule has 3 nitrogen and oxygen atoms in total. The number of hydrogen-bond donors (Lipinski definition) is 0. The predicted octanol–water partition coefficient (Wildman–Crippen LogP) is 4.44. The molecule has 0 saturated heterocycles. The molecule has 6 heteroatoms. The van der Waals surface area contributed by atoms with E-state index in [0.29, 0.717) is 5.56 Å². The zero-order valence-corrected chi connectivity index (χ0v) is 13.0. The van der Waals surface area contributed by atoms with E-state index in [2.05, 4.69) is 16.3 Å². The molecule has 2 aromatic carbocycles. The number of benzene rings is 2. The van der Waals surface area contributed by atoms with Crippen LogP contribution in [0.1, 0.15) is 5.56 Å². The zero-order chi connectivity index (χ0) is 13.9. The van der Waals surface area contributed by atoms with E-state index in [1.807, 2.05) is 42.7 Å². The number of nitrogens with zero attached hydrogens (tertiary/aromatic N) is 3. The Balaban J connectivity index is 2.06. The van der Waals surface area contributed by atoms with Crippen LogP contribution in [0.2, 0.25) is 0 Å². The van der Waals surface area contributed by atoms with Crippen LogP contribution in [0.25, 0.3) is 10.8 Å². The minimum atomic E-state index is 0.701. The molecule has 0 bridgehead atoms. The van der Waals surface area contributed by atoms with E-state index in [0.717, 1.165) is 24.3 Å². The van der Waals surface area contributed by atoms with Gasteiger partial charge in [0.1, 0.15) is 0 Å². The van der Waals surface area contributed by atoms with Gasteiger partial charge >= 0.3 is 0 Å². The van der Waals surface area contributed by atoms with Crippen LogP contribution < -0.4 is 0 Å². The first-order valence-corrected chi connectivity index (χ1v) is 8.65. The van der Waals surface area contributed by atoms with Gasteiger partial charge in [-0.2, -0.15) is 5.26 Å². The van der Waals surface area contributed by atoms with Crippen molar-refractivity contribution < 1.29 is 0 Å². The SMILES string of the molecule is CSc1nnc(Sc2ccc(C#N)c3ccccc23)s1. The fourth-order valence-corrected chi connectivity index (χ4v) is 4.40. The van der Waals surface area contributed by atoms with Crippen molar-refractivity contribution in [2.24, 2.45) is 0 Å². The van der Waals surface area contributed by atoms with E-state index in [-0.39, 0.29) is 0 Å². The van der Waals surface area contributed by atoms with Crippen molar-refractivity contribution in [2.45, 2.75) is 13.6 Å². The first-order chi connectivity index (χ1) is 9.81. The summed E-state index contributed by atoms with van der Waals surface area (Å²) in [5, 5.41) is 19.5. The lowest BCUT2D eigenvalue weighted by atomic mass is 10.1. The maximum atomic E-state index is 9.17. The van der Waals surface area contributed by atoms with Gasteiger partial charge in [0, 0.05) is 10.3 Å². The minimum absolute atomic E-state index is 0.701. The minimum Gasteiger partial charge on any atom is -0.192 e. The zero-order valence-electron chi connectivity index (χ0n) is 10.5. The molecule has 0 fully saturated rings. The summed E-state index contributed by atoms with van der Waals surface area (Å²) in [5.74, 6) is 0. The molecule has 0 aliphatic rings. The Morgan fingerprint density at radius 1 is 1.05 bits per heavy atom. The van der Waals surface area contributed by atoms with Crippen molar-refractivity contribution in [3.8, 4) is 6.07 Å². The third-order valence-electron chi connectivity index (χ3n) is 2.76. The lowest BCUT2D eigenvalue weighted by Gasteiger charge is -2.05. The van der Waals surface area contributed by atoms with E-state index in [1.165, 1.54) is 0 Å². The third kappa shape index (κ3) is 2.52. The molecular formula is C14H9N3S3. The van der Waals surface area contributed by atoms with Gasteiger partial charge in [-0.1, -0.05) is 59.1 Å². The van der Waals surface area contributed by atoms with Crippen LogP contribution in [-0.4, -0.2) is 16.5 Å². The summed E-state index contributed by atoms with van der Waals surface area (Å²) in [5.41, 5.74) is 0.701. The molecule has 0 saturated carbocycles. The number of aromatic nitrogens is 2. The molecular weight excluding hydrogens is 306 g/mol. The Labute approximate surface area is 129 Å². The van der Waals surface area contributed by atoms with Gasteiger partial charge in [0.05, 0.1) is 11.6 Å². The fraction of sp³-hybridized carbons (Fsp3) is 0.0714. The molecule has 3 aromatic rings. The molecule has 98 valence electrons. The number of rotatable bonds is 3. The fourth-order valence-electron chi connectivity index (χ4n) is 1.87. The molecule has 0 aliphatic carbocycles. The molecule has 3 rings (SSSR count). The lowest BCUT2D eigenvalue weighted by molar-refractivity contribution is 0.956. The van der Waals surface area contributed by atoms with Crippen molar-refractivity contribution in [1.29, 1.82) is 5.26 Å². The van der Waals surface area contributed by atoms with Crippen LogP contribution in [0, 0.1) is 11.3 Å². The highest BCUT2D eigenvalue weighted by Gasteiger charge is 2.10. The monoisotopic (exact) mass is 315 g/mol. The molecule has 0 atom stereocenters. The summed E-state index contributed by atoms with van der Waals surface area (Å²) in [6.07, 6.45) is 1.99. The van der Waals surface area contributed by atoms with E-state index >= 15 is 0 Å². The molecule has 20 heavy (non-hydrogen) atoms. The van der Waals surface area contributed by atoms with Crippen LogP contribution in [0.4, 0.5) is 0 Å².